The number of nitrogens with zero attached hydrogens (tertiary/aromatic N) is 1. The van der Waals surface area contributed by atoms with E-state index < -0.39 is 15.8 Å². The Morgan fingerprint density at radius 3 is 2.00 bits per heavy atom. The standard InChI is InChI=1S/C16H25NO2S2/c1-5-15(3,20)17(16(4,21)6-2)14(18)19-12-13-10-8-7-9-11-13/h7-11,20-21H,5-6,12H2,1-4H3. The molecule has 3 nitrogen and oxygen atoms in total. The number of hydrogen-bond acceptors (Lipinski definition) is 4. The zero-order valence-electron chi connectivity index (χ0n) is 13.2. The van der Waals surface area contributed by atoms with E-state index in [2.05, 4.69) is 25.3 Å². The molecule has 0 radical (unpaired) electrons. The normalized spacial score (nSPS) is 16.7. The van der Waals surface area contributed by atoms with Gasteiger partial charge in [0.15, 0.2) is 0 Å². The molecule has 0 aliphatic rings. The molecule has 0 fully saturated rings. The largest absolute Gasteiger partial charge is 0.444 e. The molecule has 1 aromatic carbocycles. The molecule has 0 saturated carbocycles. The van der Waals surface area contributed by atoms with Gasteiger partial charge in [-0.1, -0.05) is 44.2 Å². The van der Waals surface area contributed by atoms with E-state index in [-0.39, 0.29) is 6.61 Å². The van der Waals surface area contributed by atoms with Crippen molar-refractivity contribution >= 4 is 31.4 Å². The SMILES string of the molecule is CCC(C)(S)N(C(=O)OCc1ccccc1)C(C)(S)CC. The highest BCUT2D eigenvalue weighted by atomic mass is 32.1. The predicted octanol–water partition coefficient (Wildman–Crippen LogP) is 4.74. The monoisotopic (exact) mass is 327 g/mol. The van der Waals surface area contributed by atoms with Crippen LogP contribution < -0.4 is 0 Å². The number of carbonyl (C=O) groups excluding carboxylic acids is 1. The second-order valence-electron chi connectivity index (χ2n) is 5.52. The molecule has 21 heavy (non-hydrogen) atoms. The maximum absolute atomic E-state index is 12.5. The van der Waals surface area contributed by atoms with Crippen LogP contribution in [0.1, 0.15) is 46.1 Å². The lowest BCUT2D eigenvalue weighted by atomic mass is 10.1. The van der Waals surface area contributed by atoms with Gasteiger partial charge in [-0.05, 0) is 32.3 Å². The highest BCUT2D eigenvalue weighted by molar-refractivity contribution is 7.82. The lowest BCUT2D eigenvalue weighted by Crippen LogP contribution is -2.55. The molecule has 0 heterocycles. The second kappa shape index (κ2) is 7.45. The summed E-state index contributed by atoms with van der Waals surface area (Å²) in [6.45, 7) is 8.04. The third kappa shape index (κ3) is 4.85. The van der Waals surface area contributed by atoms with Crippen LogP contribution in [0.15, 0.2) is 30.3 Å². The molecule has 0 N–H and O–H groups in total. The summed E-state index contributed by atoms with van der Waals surface area (Å²) in [6, 6.07) is 9.63. The average Bonchev–Trinajstić information content (AvgIpc) is 2.46. The van der Waals surface area contributed by atoms with Crippen LogP contribution in [0.2, 0.25) is 0 Å². The summed E-state index contributed by atoms with van der Waals surface area (Å²) in [5.74, 6) is 0. The van der Waals surface area contributed by atoms with Crippen molar-refractivity contribution in [3.8, 4) is 0 Å². The Balaban J connectivity index is 2.86. The van der Waals surface area contributed by atoms with E-state index in [1.807, 2.05) is 58.0 Å². The summed E-state index contributed by atoms with van der Waals surface area (Å²) in [5, 5.41) is 0. The highest BCUT2D eigenvalue weighted by Gasteiger charge is 2.41. The van der Waals surface area contributed by atoms with E-state index in [4.69, 9.17) is 4.74 Å². The van der Waals surface area contributed by atoms with Crippen molar-refractivity contribution in [2.75, 3.05) is 0 Å². The van der Waals surface area contributed by atoms with Crippen molar-refractivity contribution < 1.29 is 9.53 Å². The van der Waals surface area contributed by atoms with Gasteiger partial charge in [0.2, 0.25) is 0 Å². The first-order valence-corrected chi connectivity index (χ1v) is 8.09. The summed E-state index contributed by atoms with van der Waals surface area (Å²) >= 11 is 9.25. The number of amides is 1. The van der Waals surface area contributed by atoms with Gasteiger partial charge in [0.25, 0.3) is 0 Å². The zero-order valence-corrected chi connectivity index (χ0v) is 15.0. The van der Waals surface area contributed by atoms with Gasteiger partial charge in [-0.25, -0.2) is 4.79 Å². The number of ether oxygens (including phenoxy) is 1. The Bertz CT molecular complexity index is 445. The topological polar surface area (TPSA) is 29.5 Å². The number of rotatable bonds is 6. The summed E-state index contributed by atoms with van der Waals surface area (Å²) in [5.41, 5.74) is 0.959. The van der Waals surface area contributed by atoms with Gasteiger partial charge < -0.3 is 4.74 Å². The fourth-order valence-corrected chi connectivity index (χ4v) is 2.70. The van der Waals surface area contributed by atoms with Crippen LogP contribution in [-0.4, -0.2) is 20.7 Å². The molecule has 0 bridgehead atoms. The minimum Gasteiger partial charge on any atom is -0.444 e. The molecule has 2 unspecified atom stereocenters. The minimum atomic E-state index is -0.611. The van der Waals surface area contributed by atoms with Crippen molar-refractivity contribution in [1.82, 2.24) is 4.90 Å². The maximum Gasteiger partial charge on any atom is 0.412 e. The third-order valence-corrected chi connectivity index (χ3v) is 4.72. The van der Waals surface area contributed by atoms with E-state index in [0.717, 1.165) is 5.56 Å². The van der Waals surface area contributed by atoms with Gasteiger partial charge >= 0.3 is 6.09 Å². The third-order valence-electron chi connectivity index (χ3n) is 3.69. The molecule has 0 aromatic heterocycles. The van der Waals surface area contributed by atoms with Crippen LogP contribution in [0.25, 0.3) is 0 Å². The molecule has 118 valence electrons. The summed E-state index contributed by atoms with van der Waals surface area (Å²) in [7, 11) is 0. The van der Waals surface area contributed by atoms with E-state index >= 15 is 0 Å². The summed E-state index contributed by atoms with van der Waals surface area (Å²) in [4.78, 5) is 12.9. The number of benzene rings is 1. The van der Waals surface area contributed by atoms with Crippen LogP contribution in [0.4, 0.5) is 4.79 Å². The number of carbonyl (C=O) groups is 1. The first-order chi connectivity index (χ1) is 9.74. The van der Waals surface area contributed by atoms with Gasteiger partial charge in [0.05, 0.1) is 9.74 Å². The zero-order chi connectivity index (χ0) is 16.1. The number of hydrogen-bond donors (Lipinski definition) is 2. The fourth-order valence-electron chi connectivity index (χ4n) is 2.01. The summed E-state index contributed by atoms with van der Waals surface area (Å²) in [6.07, 6.45) is 1.01. The quantitative estimate of drug-likeness (QED) is 0.584. The molecular weight excluding hydrogens is 302 g/mol. The summed E-state index contributed by atoms with van der Waals surface area (Å²) < 4.78 is 5.46. The molecule has 1 amide bonds. The maximum atomic E-state index is 12.5. The van der Waals surface area contributed by atoms with Crippen molar-refractivity contribution in [3.63, 3.8) is 0 Å². The fraction of sp³-hybridized carbons (Fsp3) is 0.562. The van der Waals surface area contributed by atoms with Gasteiger partial charge in [-0.2, -0.15) is 25.3 Å². The van der Waals surface area contributed by atoms with Crippen molar-refractivity contribution in [2.45, 2.75) is 56.9 Å². The lowest BCUT2D eigenvalue weighted by molar-refractivity contribution is 0.0495. The molecule has 0 aliphatic carbocycles. The van der Waals surface area contributed by atoms with Crippen LogP contribution in [-0.2, 0) is 11.3 Å². The molecule has 0 aliphatic heterocycles. The van der Waals surface area contributed by atoms with Crippen molar-refractivity contribution in [2.24, 2.45) is 0 Å². The molecular formula is C16H25NO2S2. The predicted molar refractivity (Wildman–Crippen MR) is 93.8 cm³/mol. The van der Waals surface area contributed by atoms with Gasteiger partial charge in [0, 0.05) is 0 Å². The molecule has 5 heteroatoms. The van der Waals surface area contributed by atoms with E-state index in [1.165, 1.54) is 0 Å². The molecule has 1 aromatic rings. The lowest BCUT2D eigenvalue weighted by Gasteiger charge is -2.45. The van der Waals surface area contributed by atoms with E-state index in [1.54, 1.807) is 4.90 Å². The molecule has 2 atom stereocenters. The average molecular weight is 328 g/mol. The Morgan fingerprint density at radius 1 is 1.10 bits per heavy atom. The smallest absolute Gasteiger partial charge is 0.412 e. The number of thiol groups is 2. The van der Waals surface area contributed by atoms with E-state index in [0.29, 0.717) is 12.8 Å². The van der Waals surface area contributed by atoms with Crippen LogP contribution in [0.3, 0.4) is 0 Å². The molecule has 1 rings (SSSR count). The highest BCUT2D eigenvalue weighted by Crippen LogP contribution is 2.36. The molecule has 0 saturated heterocycles. The molecule has 0 spiro atoms. The Labute approximate surface area is 138 Å². The van der Waals surface area contributed by atoms with Crippen LogP contribution >= 0.6 is 25.3 Å². The Kier molecular flexibility index (Phi) is 6.47. The van der Waals surface area contributed by atoms with Gasteiger partial charge in [0.1, 0.15) is 6.61 Å². The van der Waals surface area contributed by atoms with Crippen LogP contribution in [0, 0.1) is 0 Å². The van der Waals surface area contributed by atoms with Crippen LogP contribution in [0.5, 0.6) is 0 Å². The minimum absolute atomic E-state index is 0.247. The van der Waals surface area contributed by atoms with Crippen molar-refractivity contribution in [1.29, 1.82) is 0 Å². The van der Waals surface area contributed by atoms with Gasteiger partial charge in [-0.15, -0.1) is 0 Å². The first kappa shape index (κ1) is 18.2. The van der Waals surface area contributed by atoms with Gasteiger partial charge in [-0.3, -0.25) is 4.90 Å². The van der Waals surface area contributed by atoms with E-state index in [9.17, 15) is 4.79 Å². The van der Waals surface area contributed by atoms with Crippen molar-refractivity contribution in [3.05, 3.63) is 35.9 Å². The Morgan fingerprint density at radius 2 is 1.57 bits per heavy atom. The Hall–Kier alpha value is -0.810. The second-order valence-corrected chi connectivity index (χ2v) is 7.44. The first-order valence-electron chi connectivity index (χ1n) is 7.20.